The van der Waals surface area contributed by atoms with E-state index in [1.165, 1.54) is 0 Å². The Bertz CT molecular complexity index is 432. The molecule has 1 aromatic rings. The SMILES string of the molecule is CCCCC(=S)c1cc(OC)c(CCN)cc1OC. The molecule has 0 saturated carbocycles. The Hall–Kier alpha value is -1.13. The van der Waals surface area contributed by atoms with Gasteiger partial charge < -0.3 is 15.2 Å². The molecule has 1 aromatic carbocycles. The third-order valence-corrected chi connectivity index (χ3v) is 3.50. The van der Waals surface area contributed by atoms with Crippen LogP contribution in [0.15, 0.2) is 12.1 Å². The molecule has 19 heavy (non-hydrogen) atoms. The van der Waals surface area contributed by atoms with Gasteiger partial charge in [0.25, 0.3) is 0 Å². The highest BCUT2D eigenvalue weighted by Crippen LogP contribution is 2.30. The first-order chi connectivity index (χ1) is 9.17. The lowest BCUT2D eigenvalue weighted by Gasteiger charge is -2.15. The van der Waals surface area contributed by atoms with Crippen LogP contribution in [0.25, 0.3) is 0 Å². The molecule has 0 aliphatic rings. The molecule has 2 N–H and O–H groups in total. The van der Waals surface area contributed by atoms with Crippen LogP contribution in [0.4, 0.5) is 0 Å². The van der Waals surface area contributed by atoms with Crippen molar-refractivity contribution in [2.75, 3.05) is 20.8 Å². The van der Waals surface area contributed by atoms with Crippen molar-refractivity contribution in [2.45, 2.75) is 32.6 Å². The quantitative estimate of drug-likeness (QED) is 0.587. The predicted octanol–water partition coefficient (Wildman–Crippen LogP) is 3.11. The number of rotatable bonds is 8. The van der Waals surface area contributed by atoms with E-state index in [4.69, 9.17) is 27.4 Å². The fraction of sp³-hybridized carbons (Fsp3) is 0.533. The number of hydrogen-bond donors (Lipinski definition) is 1. The number of nitrogens with two attached hydrogens (primary N) is 1. The van der Waals surface area contributed by atoms with Crippen LogP contribution in [0.3, 0.4) is 0 Å². The van der Waals surface area contributed by atoms with Crippen molar-refractivity contribution in [1.82, 2.24) is 0 Å². The van der Waals surface area contributed by atoms with Gasteiger partial charge in [0.15, 0.2) is 0 Å². The van der Waals surface area contributed by atoms with Gasteiger partial charge in [0.2, 0.25) is 0 Å². The Labute approximate surface area is 121 Å². The first-order valence-electron chi connectivity index (χ1n) is 6.66. The lowest BCUT2D eigenvalue weighted by Crippen LogP contribution is -2.07. The van der Waals surface area contributed by atoms with E-state index in [1.54, 1.807) is 14.2 Å². The van der Waals surface area contributed by atoms with E-state index >= 15 is 0 Å². The highest BCUT2D eigenvalue weighted by atomic mass is 32.1. The molecule has 0 aromatic heterocycles. The minimum Gasteiger partial charge on any atom is -0.496 e. The Morgan fingerprint density at radius 2 is 1.89 bits per heavy atom. The van der Waals surface area contributed by atoms with Crippen molar-refractivity contribution in [2.24, 2.45) is 5.73 Å². The maximum absolute atomic E-state index is 5.62. The molecule has 0 atom stereocenters. The first kappa shape index (κ1) is 15.9. The van der Waals surface area contributed by atoms with Gasteiger partial charge in [-0.2, -0.15) is 0 Å². The molecule has 0 heterocycles. The zero-order chi connectivity index (χ0) is 14.3. The Morgan fingerprint density at radius 3 is 2.42 bits per heavy atom. The van der Waals surface area contributed by atoms with Gasteiger partial charge in [-0.05, 0) is 43.5 Å². The summed E-state index contributed by atoms with van der Waals surface area (Å²) in [6.45, 7) is 2.74. The summed E-state index contributed by atoms with van der Waals surface area (Å²) in [6.07, 6.45) is 3.89. The zero-order valence-electron chi connectivity index (χ0n) is 12.0. The van der Waals surface area contributed by atoms with E-state index in [-0.39, 0.29) is 0 Å². The summed E-state index contributed by atoms with van der Waals surface area (Å²) in [5.41, 5.74) is 7.64. The van der Waals surface area contributed by atoms with Crippen LogP contribution in [-0.2, 0) is 6.42 Å². The Morgan fingerprint density at radius 1 is 1.21 bits per heavy atom. The molecule has 0 saturated heterocycles. The average Bonchev–Trinajstić information content (AvgIpc) is 2.44. The second-order valence-corrected chi connectivity index (χ2v) is 4.92. The number of ether oxygens (including phenoxy) is 2. The van der Waals surface area contributed by atoms with Crippen LogP contribution in [0.2, 0.25) is 0 Å². The molecule has 4 heteroatoms. The van der Waals surface area contributed by atoms with Gasteiger partial charge in [0, 0.05) is 10.4 Å². The molecule has 106 valence electrons. The summed E-state index contributed by atoms with van der Waals surface area (Å²) >= 11 is 5.49. The number of methoxy groups -OCH3 is 2. The summed E-state index contributed by atoms with van der Waals surface area (Å²) in [6, 6.07) is 3.96. The van der Waals surface area contributed by atoms with Crippen molar-refractivity contribution >= 4 is 17.1 Å². The summed E-state index contributed by atoms with van der Waals surface area (Å²) in [5, 5.41) is 0. The largest absolute Gasteiger partial charge is 0.496 e. The number of thiocarbonyl (C=S) groups is 1. The first-order valence-corrected chi connectivity index (χ1v) is 7.06. The van der Waals surface area contributed by atoms with E-state index in [9.17, 15) is 0 Å². The summed E-state index contributed by atoms with van der Waals surface area (Å²) in [5.74, 6) is 1.64. The van der Waals surface area contributed by atoms with Crippen LogP contribution in [0.5, 0.6) is 11.5 Å². The fourth-order valence-corrected chi connectivity index (χ4v) is 2.31. The van der Waals surface area contributed by atoms with Crippen molar-refractivity contribution in [1.29, 1.82) is 0 Å². The van der Waals surface area contributed by atoms with E-state index in [0.29, 0.717) is 6.54 Å². The van der Waals surface area contributed by atoms with Crippen molar-refractivity contribution in [3.05, 3.63) is 23.3 Å². The molecule has 0 spiro atoms. The van der Waals surface area contributed by atoms with Crippen molar-refractivity contribution in [3.8, 4) is 11.5 Å². The summed E-state index contributed by atoms with van der Waals surface area (Å²) in [4.78, 5) is 0.927. The van der Waals surface area contributed by atoms with Gasteiger partial charge in [-0.15, -0.1) is 0 Å². The maximum Gasteiger partial charge on any atom is 0.127 e. The average molecular weight is 281 g/mol. The third kappa shape index (κ3) is 4.18. The Balaban J connectivity index is 3.12. The molecule has 0 aliphatic heterocycles. The van der Waals surface area contributed by atoms with Crippen LogP contribution in [0.1, 0.15) is 37.3 Å². The minimum atomic E-state index is 0.582. The van der Waals surface area contributed by atoms with Gasteiger partial charge in [-0.1, -0.05) is 25.6 Å². The second-order valence-electron chi connectivity index (χ2n) is 4.43. The van der Waals surface area contributed by atoms with Gasteiger partial charge >= 0.3 is 0 Å². The van der Waals surface area contributed by atoms with Gasteiger partial charge in [-0.3, -0.25) is 0 Å². The normalized spacial score (nSPS) is 10.3. The lowest BCUT2D eigenvalue weighted by atomic mass is 10.0. The molecule has 1 rings (SSSR count). The molecule has 3 nitrogen and oxygen atoms in total. The molecule has 0 bridgehead atoms. The molecule has 0 aliphatic carbocycles. The number of hydrogen-bond acceptors (Lipinski definition) is 4. The minimum absolute atomic E-state index is 0.582. The van der Waals surface area contributed by atoms with Crippen LogP contribution < -0.4 is 15.2 Å². The molecular weight excluding hydrogens is 258 g/mol. The van der Waals surface area contributed by atoms with Crippen molar-refractivity contribution in [3.63, 3.8) is 0 Å². The zero-order valence-corrected chi connectivity index (χ0v) is 12.8. The molecule has 0 fully saturated rings. The third-order valence-electron chi connectivity index (χ3n) is 3.07. The van der Waals surface area contributed by atoms with Gasteiger partial charge in [0.05, 0.1) is 14.2 Å². The van der Waals surface area contributed by atoms with Crippen LogP contribution in [-0.4, -0.2) is 25.6 Å². The van der Waals surface area contributed by atoms with Gasteiger partial charge in [0.1, 0.15) is 11.5 Å². The standard InChI is InChI=1S/C15H23NO2S/c1-4-5-6-15(19)12-10-13(17-2)11(7-8-16)9-14(12)18-3/h9-10H,4-8,16H2,1-3H3. The topological polar surface area (TPSA) is 44.5 Å². The highest BCUT2D eigenvalue weighted by molar-refractivity contribution is 7.80. The van der Waals surface area contributed by atoms with E-state index in [0.717, 1.165) is 53.2 Å². The summed E-state index contributed by atoms with van der Waals surface area (Å²) < 4.78 is 10.9. The van der Waals surface area contributed by atoms with Crippen LogP contribution in [0, 0.1) is 0 Å². The predicted molar refractivity (Wildman–Crippen MR) is 83.5 cm³/mol. The molecule has 0 amide bonds. The smallest absolute Gasteiger partial charge is 0.127 e. The fourth-order valence-electron chi connectivity index (χ4n) is 2.00. The highest BCUT2D eigenvalue weighted by Gasteiger charge is 2.14. The molecule has 0 unspecified atom stereocenters. The molecule has 0 radical (unpaired) electrons. The number of benzene rings is 1. The van der Waals surface area contributed by atoms with E-state index < -0.39 is 0 Å². The van der Waals surface area contributed by atoms with Crippen molar-refractivity contribution < 1.29 is 9.47 Å². The molecular formula is C15H23NO2S. The summed E-state index contributed by atoms with van der Waals surface area (Å²) in [7, 11) is 3.33. The second kappa shape index (κ2) is 8.12. The number of unbranched alkanes of at least 4 members (excludes halogenated alkanes) is 1. The van der Waals surface area contributed by atoms with Gasteiger partial charge in [-0.25, -0.2) is 0 Å². The Kier molecular flexibility index (Phi) is 6.81. The van der Waals surface area contributed by atoms with E-state index in [2.05, 4.69) is 6.92 Å². The lowest BCUT2D eigenvalue weighted by molar-refractivity contribution is 0.398. The van der Waals surface area contributed by atoms with E-state index in [1.807, 2.05) is 12.1 Å². The van der Waals surface area contributed by atoms with Crippen LogP contribution >= 0.6 is 12.2 Å². The monoisotopic (exact) mass is 281 g/mol. The maximum atomic E-state index is 5.62.